The molecular formula is C29H28N2O3S2. The molecule has 2 aliphatic rings. The van der Waals surface area contributed by atoms with Gasteiger partial charge in [0.05, 0.1) is 17.5 Å². The third-order valence-corrected chi connectivity index (χ3v) is 10.2. The molecule has 1 saturated carbocycles. The van der Waals surface area contributed by atoms with Gasteiger partial charge in [0.1, 0.15) is 0 Å². The maximum Gasteiger partial charge on any atom is 0.244 e. The second-order valence-electron chi connectivity index (χ2n) is 9.71. The predicted octanol–water partition coefficient (Wildman–Crippen LogP) is 5.54. The number of hydrogen-bond donors (Lipinski definition) is 0. The minimum Gasteiger partial charge on any atom is -0.330 e. The topological polar surface area (TPSA) is 57.7 Å². The number of carbonyl (C=O) groups excluding carboxylic acids is 1. The zero-order valence-corrected chi connectivity index (χ0v) is 21.8. The highest BCUT2D eigenvalue weighted by molar-refractivity contribution is 7.89. The predicted molar refractivity (Wildman–Crippen MR) is 144 cm³/mol. The van der Waals surface area contributed by atoms with Crippen LogP contribution in [0.2, 0.25) is 0 Å². The summed E-state index contributed by atoms with van der Waals surface area (Å²) in [6.07, 6.45) is 2.36. The largest absolute Gasteiger partial charge is 0.330 e. The molecule has 7 heteroatoms. The van der Waals surface area contributed by atoms with Crippen LogP contribution in [0, 0.1) is 6.92 Å². The van der Waals surface area contributed by atoms with Gasteiger partial charge in [0.25, 0.3) is 0 Å². The molecule has 1 amide bonds. The van der Waals surface area contributed by atoms with Crippen molar-refractivity contribution < 1.29 is 13.2 Å². The zero-order chi connectivity index (χ0) is 24.9. The first-order chi connectivity index (χ1) is 17.4. The monoisotopic (exact) mass is 516 g/mol. The standard InChI is InChI=1S/C29H28N2O3S2/c1-20-9-11-22(12-10-20)29-25-16-18-35-26(25)15-17-30(29)28(32)19-31(23-13-14-23)36(33,34)27-8-4-6-21-5-2-3-7-24(21)27/h2-12,16,18,23,29H,13-15,17,19H2,1H3. The van der Waals surface area contributed by atoms with Crippen molar-refractivity contribution in [3.63, 3.8) is 0 Å². The highest BCUT2D eigenvalue weighted by atomic mass is 32.2. The molecule has 184 valence electrons. The summed E-state index contributed by atoms with van der Waals surface area (Å²) in [4.78, 5) is 17.3. The van der Waals surface area contributed by atoms with Crippen molar-refractivity contribution in [1.82, 2.24) is 9.21 Å². The summed E-state index contributed by atoms with van der Waals surface area (Å²) in [7, 11) is -3.85. The molecule has 6 rings (SSSR count). The Bertz CT molecular complexity index is 1530. The lowest BCUT2D eigenvalue weighted by Gasteiger charge is -2.37. The lowest BCUT2D eigenvalue weighted by Crippen LogP contribution is -2.47. The van der Waals surface area contributed by atoms with Crippen LogP contribution in [-0.4, -0.2) is 42.7 Å². The number of nitrogens with zero attached hydrogens (tertiary/aromatic N) is 2. The second-order valence-corrected chi connectivity index (χ2v) is 12.6. The van der Waals surface area contributed by atoms with Gasteiger partial charge in [-0.25, -0.2) is 8.42 Å². The molecule has 0 bridgehead atoms. The summed E-state index contributed by atoms with van der Waals surface area (Å²) in [5, 5.41) is 3.65. The van der Waals surface area contributed by atoms with E-state index in [9.17, 15) is 13.2 Å². The molecule has 3 aromatic carbocycles. The highest BCUT2D eigenvalue weighted by Gasteiger charge is 2.42. The van der Waals surface area contributed by atoms with Crippen molar-refractivity contribution in [1.29, 1.82) is 0 Å². The Labute approximate surface area is 216 Å². The number of carbonyl (C=O) groups is 1. The molecule has 1 aliphatic heterocycles. The molecule has 1 unspecified atom stereocenters. The third-order valence-electron chi connectivity index (χ3n) is 7.26. The minimum atomic E-state index is -3.85. The Morgan fingerprint density at radius 3 is 2.53 bits per heavy atom. The van der Waals surface area contributed by atoms with E-state index in [4.69, 9.17) is 0 Å². The number of hydrogen-bond acceptors (Lipinski definition) is 4. The van der Waals surface area contributed by atoms with Crippen LogP contribution in [0.3, 0.4) is 0 Å². The van der Waals surface area contributed by atoms with Gasteiger partial charge in [-0.05, 0) is 60.2 Å². The van der Waals surface area contributed by atoms with Crippen LogP contribution < -0.4 is 0 Å². The fourth-order valence-electron chi connectivity index (χ4n) is 5.24. The summed E-state index contributed by atoms with van der Waals surface area (Å²) in [5.74, 6) is -0.145. The van der Waals surface area contributed by atoms with E-state index >= 15 is 0 Å². The molecule has 0 saturated heterocycles. The molecular weight excluding hydrogens is 488 g/mol. The summed E-state index contributed by atoms with van der Waals surface area (Å²) in [5.41, 5.74) is 3.38. The molecule has 1 fully saturated rings. The molecule has 1 aliphatic carbocycles. The maximum atomic E-state index is 13.9. The summed E-state index contributed by atoms with van der Waals surface area (Å²) >= 11 is 1.73. The van der Waals surface area contributed by atoms with Crippen LogP contribution in [0.5, 0.6) is 0 Å². The zero-order valence-electron chi connectivity index (χ0n) is 20.1. The van der Waals surface area contributed by atoms with Crippen molar-refractivity contribution in [3.8, 4) is 0 Å². The van der Waals surface area contributed by atoms with Crippen molar-refractivity contribution in [2.75, 3.05) is 13.1 Å². The van der Waals surface area contributed by atoms with Gasteiger partial charge in [0, 0.05) is 22.8 Å². The lowest BCUT2D eigenvalue weighted by molar-refractivity contribution is -0.133. The van der Waals surface area contributed by atoms with Crippen molar-refractivity contribution >= 4 is 38.0 Å². The molecule has 0 radical (unpaired) electrons. The average Bonchev–Trinajstić information content (AvgIpc) is 3.61. The Morgan fingerprint density at radius 2 is 1.75 bits per heavy atom. The normalized spacial score (nSPS) is 17.9. The van der Waals surface area contributed by atoms with Gasteiger partial charge in [-0.2, -0.15) is 4.31 Å². The van der Waals surface area contributed by atoms with Gasteiger partial charge in [-0.15, -0.1) is 11.3 Å². The Kier molecular flexibility index (Phi) is 5.94. The molecule has 2 heterocycles. The Balaban J connectivity index is 1.35. The van der Waals surface area contributed by atoms with E-state index in [1.807, 2.05) is 35.2 Å². The van der Waals surface area contributed by atoms with E-state index in [0.717, 1.165) is 35.8 Å². The third kappa shape index (κ3) is 4.15. The first kappa shape index (κ1) is 23.4. The van der Waals surface area contributed by atoms with Gasteiger partial charge < -0.3 is 4.90 Å². The molecule has 1 atom stereocenters. The van der Waals surface area contributed by atoms with Gasteiger partial charge in [-0.1, -0.05) is 66.2 Å². The van der Waals surface area contributed by atoms with Gasteiger partial charge >= 0.3 is 0 Å². The lowest BCUT2D eigenvalue weighted by atomic mass is 9.92. The van der Waals surface area contributed by atoms with Gasteiger partial charge in [0.15, 0.2) is 0 Å². The Hall–Kier alpha value is -3.00. The number of aryl methyl sites for hydroxylation is 1. The first-order valence-corrected chi connectivity index (χ1v) is 14.7. The van der Waals surface area contributed by atoms with Crippen LogP contribution in [-0.2, 0) is 21.2 Å². The number of benzene rings is 3. The number of rotatable bonds is 6. The quantitative estimate of drug-likeness (QED) is 0.338. The molecule has 4 aromatic rings. The van der Waals surface area contributed by atoms with E-state index in [1.165, 1.54) is 14.7 Å². The van der Waals surface area contributed by atoms with Gasteiger partial charge in [-0.3, -0.25) is 4.79 Å². The van der Waals surface area contributed by atoms with Crippen LogP contribution in [0.15, 0.2) is 83.1 Å². The van der Waals surface area contributed by atoms with E-state index in [2.05, 4.69) is 42.6 Å². The van der Waals surface area contributed by atoms with Crippen LogP contribution in [0.4, 0.5) is 0 Å². The fourth-order valence-corrected chi connectivity index (χ4v) is 7.99. The second kappa shape index (κ2) is 9.14. The highest BCUT2D eigenvalue weighted by Crippen LogP contribution is 2.39. The summed E-state index contributed by atoms with van der Waals surface area (Å²) in [6.45, 7) is 2.49. The molecule has 0 N–H and O–H groups in total. The SMILES string of the molecule is Cc1ccc(C2c3ccsc3CCN2C(=O)CN(C2CC2)S(=O)(=O)c2cccc3ccccc23)cc1. The molecule has 0 spiro atoms. The number of amides is 1. The number of sulfonamides is 1. The van der Waals surface area contributed by atoms with Crippen LogP contribution in [0.25, 0.3) is 10.8 Å². The average molecular weight is 517 g/mol. The molecule has 36 heavy (non-hydrogen) atoms. The Morgan fingerprint density at radius 1 is 1.00 bits per heavy atom. The smallest absolute Gasteiger partial charge is 0.244 e. The van der Waals surface area contributed by atoms with Crippen LogP contribution in [0.1, 0.15) is 40.5 Å². The maximum absolute atomic E-state index is 13.9. The van der Waals surface area contributed by atoms with Crippen molar-refractivity contribution in [2.45, 2.75) is 43.2 Å². The summed E-state index contributed by atoms with van der Waals surface area (Å²) in [6, 6.07) is 22.9. The van der Waals surface area contributed by atoms with E-state index in [1.54, 1.807) is 23.5 Å². The number of fused-ring (bicyclic) bond motifs is 2. The first-order valence-electron chi connectivity index (χ1n) is 12.4. The fraction of sp³-hybridized carbons (Fsp3) is 0.276. The van der Waals surface area contributed by atoms with Gasteiger partial charge in [0.2, 0.25) is 15.9 Å². The van der Waals surface area contributed by atoms with Crippen molar-refractivity contribution in [2.24, 2.45) is 0 Å². The van der Waals surface area contributed by atoms with Crippen LogP contribution >= 0.6 is 11.3 Å². The van der Waals surface area contributed by atoms with E-state index in [0.29, 0.717) is 11.9 Å². The minimum absolute atomic E-state index is 0.128. The number of thiophene rings is 1. The van der Waals surface area contributed by atoms with E-state index in [-0.39, 0.29) is 29.4 Å². The molecule has 5 nitrogen and oxygen atoms in total. The summed E-state index contributed by atoms with van der Waals surface area (Å²) < 4.78 is 29.3. The van der Waals surface area contributed by atoms with E-state index < -0.39 is 10.0 Å². The molecule has 1 aromatic heterocycles. The van der Waals surface area contributed by atoms with Crippen molar-refractivity contribution in [3.05, 3.63) is 99.7 Å².